The maximum atomic E-state index is 5.80. The second-order valence-corrected chi connectivity index (χ2v) is 4.98. The van der Waals surface area contributed by atoms with E-state index >= 15 is 0 Å². The summed E-state index contributed by atoms with van der Waals surface area (Å²) in [7, 11) is 0. The Balaban J connectivity index is 1.76. The molecule has 18 heavy (non-hydrogen) atoms. The molecule has 0 aliphatic heterocycles. The fourth-order valence-corrected chi connectivity index (χ4v) is 2.48. The van der Waals surface area contributed by atoms with Gasteiger partial charge in [-0.25, -0.2) is 15.0 Å². The number of thioether (sulfide) groups is 1. The van der Waals surface area contributed by atoms with E-state index in [0.29, 0.717) is 16.1 Å². The third kappa shape index (κ3) is 2.47. The number of rotatable bonds is 3. The molecule has 0 aliphatic carbocycles. The van der Waals surface area contributed by atoms with Gasteiger partial charge in [-0.15, -0.1) is 0 Å². The lowest BCUT2D eigenvalue weighted by molar-refractivity contribution is 0.963. The van der Waals surface area contributed by atoms with E-state index < -0.39 is 0 Å². The summed E-state index contributed by atoms with van der Waals surface area (Å²) in [5, 5.41) is 1.11. The molecule has 0 unspecified atom stereocenters. The Morgan fingerprint density at radius 1 is 1.17 bits per heavy atom. The molecule has 2 aromatic heterocycles. The molecule has 0 radical (unpaired) electrons. The Morgan fingerprint density at radius 2 is 2.06 bits per heavy atom. The summed E-state index contributed by atoms with van der Waals surface area (Å²) in [4.78, 5) is 16.0. The normalized spacial score (nSPS) is 10.9. The smallest absolute Gasteiger partial charge is 0.189 e. The van der Waals surface area contributed by atoms with Crippen LogP contribution in [0.3, 0.4) is 0 Å². The molecule has 1 N–H and O–H groups in total. The average molecular weight is 277 g/mol. The molecular formula is C12H9ClN4S. The SMILES string of the molecule is Clc1ccnc(SCc2nc3ccccc3[nH]2)n1. The first kappa shape index (κ1) is 11.5. The van der Waals surface area contributed by atoms with E-state index in [1.165, 1.54) is 11.8 Å². The van der Waals surface area contributed by atoms with E-state index in [9.17, 15) is 0 Å². The fourth-order valence-electron chi connectivity index (χ4n) is 1.60. The fraction of sp³-hybridized carbons (Fsp3) is 0.0833. The van der Waals surface area contributed by atoms with Crippen LogP contribution in [0.25, 0.3) is 11.0 Å². The van der Waals surface area contributed by atoms with Gasteiger partial charge in [0, 0.05) is 6.20 Å². The van der Waals surface area contributed by atoms with Crippen LogP contribution in [0.15, 0.2) is 41.7 Å². The number of fused-ring (bicyclic) bond motifs is 1. The quantitative estimate of drug-likeness (QED) is 0.453. The Hall–Kier alpha value is -1.59. The van der Waals surface area contributed by atoms with Crippen molar-refractivity contribution in [3.8, 4) is 0 Å². The third-order valence-electron chi connectivity index (χ3n) is 2.38. The van der Waals surface area contributed by atoms with Gasteiger partial charge in [0.25, 0.3) is 0 Å². The average Bonchev–Trinajstić information content (AvgIpc) is 2.79. The van der Waals surface area contributed by atoms with Crippen LogP contribution < -0.4 is 0 Å². The van der Waals surface area contributed by atoms with Gasteiger partial charge >= 0.3 is 0 Å². The minimum absolute atomic E-state index is 0.456. The van der Waals surface area contributed by atoms with Gasteiger partial charge in [-0.2, -0.15) is 0 Å². The van der Waals surface area contributed by atoms with Crippen molar-refractivity contribution in [1.82, 2.24) is 19.9 Å². The molecule has 0 bridgehead atoms. The van der Waals surface area contributed by atoms with Gasteiger partial charge in [0.2, 0.25) is 0 Å². The summed E-state index contributed by atoms with van der Waals surface area (Å²) in [6.45, 7) is 0. The highest BCUT2D eigenvalue weighted by molar-refractivity contribution is 7.98. The molecule has 0 fully saturated rings. The molecule has 1 aromatic carbocycles. The largest absolute Gasteiger partial charge is 0.341 e. The Labute approximate surface area is 113 Å². The number of halogens is 1. The monoisotopic (exact) mass is 276 g/mol. The van der Waals surface area contributed by atoms with E-state index in [4.69, 9.17) is 11.6 Å². The molecule has 0 aliphatic rings. The van der Waals surface area contributed by atoms with E-state index in [1.807, 2.05) is 24.3 Å². The van der Waals surface area contributed by atoms with Crippen LogP contribution in [-0.4, -0.2) is 19.9 Å². The summed E-state index contributed by atoms with van der Waals surface area (Å²) in [6.07, 6.45) is 1.65. The van der Waals surface area contributed by atoms with Crippen molar-refractivity contribution >= 4 is 34.4 Å². The minimum Gasteiger partial charge on any atom is -0.341 e. The second-order valence-electron chi connectivity index (χ2n) is 3.65. The van der Waals surface area contributed by atoms with Crippen LogP contribution in [0.4, 0.5) is 0 Å². The standard InChI is InChI=1S/C12H9ClN4S/c13-10-5-6-14-12(17-10)18-7-11-15-8-3-1-2-4-9(8)16-11/h1-6H,7H2,(H,15,16). The number of imidazole rings is 1. The molecule has 6 heteroatoms. The van der Waals surface area contributed by atoms with Crippen molar-refractivity contribution in [3.63, 3.8) is 0 Å². The number of aromatic nitrogens is 4. The predicted octanol–water partition coefficient (Wildman–Crippen LogP) is 3.30. The predicted molar refractivity (Wildman–Crippen MR) is 72.7 cm³/mol. The minimum atomic E-state index is 0.456. The lowest BCUT2D eigenvalue weighted by atomic mass is 10.3. The van der Waals surface area contributed by atoms with E-state index in [2.05, 4.69) is 19.9 Å². The van der Waals surface area contributed by atoms with E-state index in [0.717, 1.165) is 16.9 Å². The number of benzene rings is 1. The molecule has 3 rings (SSSR count). The van der Waals surface area contributed by atoms with Gasteiger partial charge in [0.15, 0.2) is 5.16 Å². The molecular weight excluding hydrogens is 268 g/mol. The molecule has 0 saturated carbocycles. The molecule has 0 amide bonds. The van der Waals surface area contributed by atoms with Gasteiger partial charge in [-0.3, -0.25) is 0 Å². The highest BCUT2D eigenvalue weighted by Crippen LogP contribution is 2.20. The Kier molecular flexibility index (Phi) is 3.17. The summed E-state index contributed by atoms with van der Waals surface area (Å²) in [5.74, 6) is 1.60. The van der Waals surface area contributed by atoms with Crippen molar-refractivity contribution in [2.75, 3.05) is 0 Å². The van der Waals surface area contributed by atoms with Crippen molar-refractivity contribution in [2.45, 2.75) is 10.9 Å². The zero-order valence-electron chi connectivity index (χ0n) is 9.30. The van der Waals surface area contributed by atoms with Gasteiger partial charge in [0.1, 0.15) is 11.0 Å². The number of para-hydroxylation sites is 2. The van der Waals surface area contributed by atoms with Gasteiger partial charge < -0.3 is 4.98 Å². The highest BCUT2D eigenvalue weighted by atomic mass is 35.5. The molecule has 2 heterocycles. The topological polar surface area (TPSA) is 54.5 Å². The van der Waals surface area contributed by atoms with E-state index in [1.54, 1.807) is 12.3 Å². The molecule has 90 valence electrons. The number of nitrogens with zero attached hydrogens (tertiary/aromatic N) is 3. The zero-order chi connectivity index (χ0) is 12.4. The van der Waals surface area contributed by atoms with Crippen molar-refractivity contribution in [1.29, 1.82) is 0 Å². The Morgan fingerprint density at radius 3 is 2.89 bits per heavy atom. The van der Waals surface area contributed by atoms with Crippen LogP contribution >= 0.6 is 23.4 Å². The summed E-state index contributed by atoms with van der Waals surface area (Å²) in [5.41, 5.74) is 2.01. The lowest BCUT2D eigenvalue weighted by Gasteiger charge is -1.97. The van der Waals surface area contributed by atoms with Crippen LogP contribution in [0.1, 0.15) is 5.82 Å². The van der Waals surface area contributed by atoms with Gasteiger partial charge in [-0.05, 0) is 18.2 Å². The maximum Gasteiger partial charge on any atom is 0.189 e. The highest BCUT2D eigenvalue weighted by Gasteiger charge is 2.04. The van der Waals surface area contributed by atoms with Crippen LogP contribution in [0, 0.1) is 0 Å². The van der Waals surface area contributed by atoms with Crippen molar-refractivity contribution in [2.24, 2.45) is 0 Å². The van der Waals surface area contributed by atoms with Gasteiger partial charge in [-0.1, -0.05) is 35.5 Å². The maximum absolute atomic E-state index is 5.80. The molecule has 0 atom stereocenters. The lowest BCUT2D eigenvalue weighted by Crippen LogP contribution is -1.88. The summed E-state index contributed by atoms with van der Waals surface area (Å²) in [6, 6.07) is 9.60. The number of hydrogen-bond acceptors (Lipinski definition) is 4. The molecule has 3 aromatic rings. The second kappa shape index (κ2) is 4.96. The first-order valence-corrected chi connectivity index (χ1v) is 6.72. The van der Waals surface area contributed by atoms with Gasteiger partial charge in [0.05, 0.1) is 16.8 Å². The van der Waals surface area contributed by atoms with Crippen molar-refractivity contribution in [3.05, 3.63) is 47.5 Å². The molecule has 0 saturated heterocycles. The first-order chi connectivity index (χ1) is 8.81. The third-order valence-corrected chi connectivity index (χ3v) is 3.46. The van der Waals surface area contributed by atoms with Crippen LogP contribution in [0.5, 0.6) is 0 Å². The summed E-state index contributed by atoms with van der Waals surface area (Å²) >= 11 is 7.31. The Bertz CT molecular complexity index is 649. The number of hydrogen-bond donors (Lipinski definition) is 1. The zero-order valence-corrected chi connectivity index (χ0v) is 10.9. The molecule has 4 nitrogen and oxygen atoms in total. The first-order valence-electron chi connectivity index (χ1n) is 5.36. The molecule has 0 spiro atoms. The van der Waals surface area contributed by atoms with Crippen molar-refractivity contribution < 1.29 is 0 Å². The van der Waals surface area contributed by atoms with Crippen LogP contribution in [-0.2, 0) is 5.75 Å². The number of nitrogens with one attached hydrogen (secondary N) is 1. The summed E-state index contributed by atoms with van der Waals surface area (Å²) < 4.78 is 0. The number of aromatic amines is 1. The van der Waals surface area contributed by atoms with Crippen LogP contribution in [0.2, 0.25) is 5.15 Å². The van der Waals surface area contributed by atoms with E-state index in [-0.39, 0.29) is 0 Å². The number of H-pyrrole nitrogens is 1.